The highest BCUT2D eigenvalue weighted by Crippen LogP contribution is 2.30. The second-order valence-corrected chi connectivity index (χ2v) is 26.1. The third kappa shape index (κ3) is 39.9. The Morgan fingerprint density at radius 3 is 1.01 bits per heavy atom. The molecule has 0 bridgehead atoms. The Labute approximate surface area is 514 Å². The average Bonchev–Trinajstić information content (AvgIpc) is 2.28. The number of amides is 1. The maximum Gasteiger partial charge on any atom is 0.220 e. The zero-order valence-corrected chi connectivity index (χ0v) is 54.4. The van der Waals surface area contributed by atoms with E-state index in [1.807, 2.05) is 0 Å². The highest BCUT2D eigenvalue weighted by Gasteiger charge is 2.51. The SMILES string of the molecule is CCCCCCCCCCCCCCCCCCCCCCCCCCCCCCCCCCCCCCCCCCCC(=O)NC(COC1OC(CO)C(OC2OC(CO)C(O)C(O)C2O)C(O)C1O)C(O)CCCCCCCCCCC. The highest BCUT2D eigenvalue weighted by molar-refractivity contribution is 5.76. The lowest BCUT2D eigenvalue weighted by Crippen LogP contribution is -2.65. The molecule has 500 valence electrons. The molecule has 0 radical (unpaired) electrons. The molecule has 0 aromatic rings. The average molecular weight is 1200 g/mol. The Hall–Kier alpha value is -1.01. The van der Waals surface area contributed by atoms with Gasteiger partial charge in [-0.1, -0.05) is 328 Å². The van der Waals surface area contributed by atoms with Gasteiger partial charge in [0.05, 0.1) is 32.0 Å². The Morgan fingerprint density at radius 2 is 0.679 bits per heavy atom. The van der Waals surface area contributed by atoms with Crippen LogP contribution in [0.25, 0.3) is 0 Å². The molecule has 0 aromatic heterocycles. The number of carbonyl (C=O) groups is 1. The van der Waals surface area contributed by atoms with Crippen molar-refractivity contribution in [2.75, 3.05) is 19.8 Å². The number of ether oxygens (including phenoxy) is 4. The molecule has 12 atom stereocenters. The topological polar surface area (TPSA) is 228 Å². The van der Waals surface area contributed by atoms with Crippen LogP contribution in [0, 0.1) is 0 Å². The van der Waals surface area contributed by atoms with Crippen molar-refractivity contribution in [3.05, 3.63) is 0 Å². The van der Waals surface area contributed by atoms with Gasteiger partial charge in [-0.3, -0.25) is 4.79 Å². The van der Waals surface area contributed by atoms with Gasteiger partial charge < -0.3 is 65.1 Å². The van der Waals surface area contributed by atoms with Crippen LogP contribution in [0.3, 0.4) is 0 Å². The van der Waals surface area contributed by atoms with E-state index in [4.69, 9.17) is 18.9 Å². The fourth-order valence-electron chi connectivity index (χ4n) is 12.5. The number of hydrogen-bond acceptors (Lipinski definition) is 13. The molecule has 2 heterocycles. The van der Waals surface area contributed by atoms with Crippen LogP contribution in [0.1, 0.15) is 348 Å². The first kappa shape index (κ1) is 79.1. The summed E-state index contributed by atoms with van der Waals surface area (Å²) in [5, 5.41) is 87.1. The van der Waals surface area contributed by atoms with E-state index < -0.39 is 86.8 Å². The summed E-state index contributed by atoms with van der Waals surface area (Å²) < 4.78 is 22.8. The van der Waals surface area contributed by atoms with Crippen LogP contribution in [0.4, 0.5) is 0 Å². The molecule has 12 unspecified atom stereocenters. The van der Waals surface area contributed by atoms with Crippen LogP contribution < -0.4 is 5.32 Å². The van der Waals surface area contributed by atoms with Crippen molar-refractivity contribution >= 4 is 5.91 Å². The molecular formula is C70H137NO13. The monoisotopic (exact) mass is 1200 g/mol. The van der Waals surface area contributed by atoms with Crippen LogP contribution >= 0.6 is 0 Å². The molecular weight excluding hydrogens is 1060 g/mol. The molecule has 1 amide bonds. The standard InChI is InChI=1S/C70H137NO13/c1-3-5-7-9-11-13-14-15-16-17-18-19-20-21-22-23-24-25-26-27-28-29-30-31-32-33-34-35-36-37-38-39-40-41-42-43-44-46-48-50-52-54-62(75)71-58(59(74)53-51-49-47-45-12-10-8-6-4-2)57-81-69-67(80)65(78)68(61(56-73)83-69)84-70-66(79)64(77)63(76)60(55-72)82-70/h58-61,63-70,72-74,76-80H,3-57H2,1-2H3,(H,71,75). The fourth-order valence-corrected chi connectivity index (χ4v) is 12.5. The summed E-state index contributed by atoms with van der Waals surface area (Å²) in [6, 6.07) is -0.822. The van der Waals surface area contributed by atoms with Gasteiger partial charge in [-0.05, 0) is 12.8 Å². The molecule has 2 rings (SSSR count). The van der Waals surface area contributed by atoms with E-state index in [2.05, 4.69) is 19.2 Å². The van der Waals surface area contributed by atoms with Gasteiger partial charge in [-0.2, -0.15) is 0 Å². The van der Waals surface area contributed by atoms with E-state index in [0.29, 0.717) is 12.8 Å². The number of carbonyl (C=O) groups excluding carboxylic acids is 1. The van der Waals surface area contributed by atoms with Gasteiger partial charge in [-0.25, -0.2) is 0 Å². The summed E-state index contributed by atoms with van der Waals surface area (Å²) in [7, 11) is 0. The number of rotatable bonds is 61. The Morgan fingerprint density at radius 1 is 0.381 bits per heavy atom. The Balaban J connectivity index is 1.46. The van der Waals surface area contributed by atoms with Crippen molar-refractivity contribution < 1.29 is 64.6 Å². The van der Waals surface area contributed by atoms with E-state index in [9.17, 15) is 45.6 Å². The van der Waals surface area contributed by atoms with Crippen LogP contribution in [0.15, 0.2) is 0 Å². The van der Waals surface area contributed by atoms with Gasteiger partial charge in [0.15, 0.2) is 12.6 Å². The molecule has 0 saturated carbocycles. The first-order chi connectivity index (χ1) is 41.1. The summed E-state index contributed by atoms with van der Waals surface area (Å²) in [6.45, 7) is 2.87. The van der Waals surface area contributed by atoms with E-state index in [1.54, 1.807) is 0 Å². The third-order valence-electron chi connectivity index (χ3n) is 18.3. The van der Waals surface area contributed by atoms with Crippen molar-refractivity contribution in [2.24, 2.45) is 0 Å². The predicted octanol–water partition coefficient (Wildman–Crippen LogP) is 14.8. The van der Waals surface area contributed by atoms with Crippen molar-refractivity contribution in [1.29, 1.82) is 0 Å². The molecule has 2 aliphatic heterocycles. The number of unbranched alkanes of at least 4 members (excludes halogenated alkanes) is 48. The van der Waals surface area contributed by atoms with Crippen LogP contribution in [0.2, 0.25) is 0 Å². The largest absolute Gasteiger partial charge is 0.394 e. The zero-order chi connectivity index (χ0) is 60.9. The van der Waals surface area contributed by atoms with Crippen molar-refractivity contribution in [3.8, 4) is 0 Å². The lowest BCUT2D eigenvalue weighted by molar-refractivity contribution is -0.359. The van der Waals surface area contributed by atoms with Crippen molar-refractivity contribution in [2.45, 2.75) is 421 Å². The van der Waals surface area contributed by atoms with E-state index in [1.165, 1.54) is 270 Å². The molecule has 14 nitrogen and oxygen atoms in total. The normalized spacial score (nSPS) is 23.5. The minimum absolute atomic E-state index is 0.201. The molecule has 0 spiro atoms. The maximum atomic E-state index is 13.3. The van der Waals surface area contributed by atoms with Gasteiger partial charge in [0.25, 0.3) is 0 Å². The molecule has 2 fully saturated rings. The van der Waals surface area contributed by atoms with E-state index in [0.717, 1.165) is 51.4 Å². The smallest absolute Gasteiger partial charge is 0.220 e. The first-order valence-corrected chi connectivity index (χ1v) is 36.3. The van der Waals surface area contributed by atoms with Crippen molar-refractivity contribution in [1.82, 2.24) is 5.32 Å². The number of aliphatic hydroxyl groups is 8. The second-order valence-electron chi connectivity index (χ2n) is 26.1. The van der Waals surface area contributed by atoms with E-state index >= 15 is 0 Å². The minimum Gasteiger partial charge on any atom is -0.394 e. The summed E-state index contributed by atoms with van der Waals surface area (Å²) in [6.07, 6.45) is 50.6. The fraction of sp³-hybridized carbons (Fsp3) is 0.986. The van der Waals surface area contributed by atoms with Crippen molar-refractivity contribution in [3.63, 3.8) is 0 Å². The molecule has 0 aromatic carbocycles. The van der Waals surface area contributed by atoms with Crippen LogP contribution in [-0.4, -0.2) is 140 Å². The molecule has 2 aliphatic rings. The molecule has 14 heteroatoms. The van der Waals surface area contributed by atoms with Crippen LogP contribution in [0.5, 0.6) is 0 Å². The van der Waals surface area contributed by atoms with Crippen LogP contribution in [-0.2, 0) is 23.7 Å². The second kappa shape index (κ2) is 56.0. The Kier molecular flexibility index (Phi) is 52.7. The Bertz CT molecular complexity index is 1410. The number of nitrogens with one attached hydrogen (secondary N) is 1. The van der Waals surface area contributed by atoms with Gasteiger partial charge in [0.1, 0.15) is 48.8 Å². The summed E-state index contributed by atoms with van der Waals surface area (Å²) in [4.78, 5) is 13.3. The predicted molar refractivity (Wildman–Crippen MR) is 342 cm³/mol. The number of aliphatic hydroxyl groups excluding tert-OH is 8. The molecule has 84 heavy (non-hydrogen) atoms. The zero-order valence-electron chi connectivity index (χ0n) is 54.4. The first-order valence-electron chi connectivity index (χ1n) is 36.3. The lowest BCUT2D eigenvalue weighted by atomic mass is 9.97. The van der Waals surface area contributed by atoms with E-state index in [-0.39, 0.29) is 12.5 Å². The summed E-state index contributed by atoms with van der Waals surface area (Å²) in [5.74, 6) is -0.201. The minimum atomic E-state index is -1.78. The molecule has 2 saturated heterocycles. The summed E-state index contributed by atoms with van der Waals surface area (Å²) >= 11 is 0. The third-order valence-corrected chi connectivity index (χ3v) is 18.3. The maximum absolute atomic E-state index is 13.3. The summed E-state index contributed by atoms with van der Waals surface area (Å²) in [5.41, 5.74) is 0. The van der Waals surface area contributed by atoms with Gasteiger partial charge >= 0.3 is 0 Å². The van der Waals surface area contributed by atoms with Gasteiger partial charge in [0, 0.05) is 6.42 Å². The highest BCUT2D eigenvalue weighted by atomic mass is 16.7. The lowest BCUT2D eigenvalue weighted by Gasteiger charge is -2.46. The molecule has 9 N–H and O–H groups in total. The molecule has 0 aliphatic carbocycles. The quantitative estimate of drug-likeness (QED) is 0.0259. The van der Waals surface area contributed by atoms with Gasteiger partial charge in [-0.15, -0.1) is 0 Å². The number of hydrogen-bond donors (Lipinski definition) is 9. The van der Waals surface area contributed by atoms with Gasteiger partial charge in [0.2, 0.25) is 5.91 Å².